The lowest BCUT2D eigenvalue weighted by atomic mass is 10.1. The van der Waals surface area contributed by atoms with Crippen molar-refractivity contribution in [2.45, 2.75) is 19.4 Å². The van der Waals surface area contributed by atoms with Crippen molar-refractivity contribution in [3.63, 3.8) is 0 Å². The first kappa shape index (κ1) is 12.0. The summed E-state index contributed by atoms with van der Waals surface area (Å²) < 4.78 is 0. The number of rotatable bonds is 3. The molecule has 1 aromatic carbocycles. The molecule has 0 atom stereocenters. The van der Waals surface area contributed by atoms with Crippen molar-refractivity contribution in [1.29, 1.82) is 0 Å². The van der Waals surface area contributed by atoms with Crippen LogP contribution in [0.2, 0.25) is 0 Å². The number of primary amides is 1. The Kier molecular flexibility index (Phi) is 3.50. The number of benzene rings is 1. The lowest BCUT2D eigenvalue weighted by molar-refractivity contribution is -0.122. The van der Waals surface area contributed by atoms with Gasteiger partial charge in [0.2, 0.25) is 5.91 Å². The molecule has 0 aliphatic heterocycles. The van der Waals surface area contributed by atoms with Crippen molar-refractivity contribution in [3.8, 4) is 0 Å². The van der Waals surface area contributed by atoms with Crippen LogP contribution >= 0.6 is 0 Å². The third-order valence-corrected chi connectivity index (χ3v) is 2.07. The Labute approximate surface area is 94.0 Å². The predicted octanol–water partition coefficient (Wildman–Crippen LogP) is 1.07. The van der Waals surface area contributed by atoms with E-state index in [4.69, 9.17) is 5.73 Å². The van der Waals surface area contributed by atoms with Crippen molar-refractivity contribution in [2.75, 3.05) is 5.32 Å². The normalized spacial score (nSPS) is 10.6. The van der Waals surface area contributed by atoms with Crippen LogP contribution in [0.1, 0.15) is 13.8 Å². The van der Waals surface area contributed by atoms with Crippen molar-refractivity contribution in [3.05, 3.63) is 30.3 Å². The summed E-state index contributed by atoms with van der Waals surface area (Å²) >= 11 is 0. The number of carbonyl (C=O) groups excluding carboxylic acids is 2. The first-order valence-corrected chi connectivity index (χ1v) is 4.86. The van der Waals surface area contributed by atoms with E-state index in [1.165, 1.54) is 0 Å². The highest BCUT2D eigenvalue weighted by Gasteiger charge is 2.26. The fourth-order valence-electron chi connectivity index (χ4n) is 1.03. The lowest BCUT2D eigenvalue weighted by Crippen LogP contribution is -2.54. The zero-order chi connectivity index (χ0) is 12.2. The Balaban J connectivity index is 2.58. The van der Waals surface area contributed by atoms with Gasteiger partial charge in [-0.3, -0.25) is 4.79 Å². The highest BCUT2D eigenvalue weighted by Crippen LogP contribution is 2.06. The molecule has 3 amide bonds. The number of urea groups is 1. The molecular weight excluding hydrogens is 206 g/mol. The van der Waals surface area contributed by atoms with E-state index in [-0.39, 0.29) is 0 Å². The van der Waals surface area contributed by atoms with Crippen LogP contribution in [-0.2, 0) is 4.79 Å². The molecule has 5 nitrogen and oxygen atoms in total. The Hall–Kier alpha value is -2.04. The van der Waals surface area contributed by atoms with E-state index in [1.54, 1.807) is 38.1 Å². The Morgan fingerprint density at radius 1 is 1.19 bits per heavy atom. The number of carbonyl (C=O) groups is 2. The SMILES string of the molecule is CC(C)(NC(=O)Nc1ccccc1)C(N)=O. The first-order valence-electron chi connectivity index (χ1n) is 4.86. The zero-order valence-corrected chi connectivity index (χ0v) is 9.28. The van der Waals surface area contributed by atoms with Crippen LogP contribution in [0.25, 0.3) is 0 Å². The highest BCUT2D eigenvalue weighted by atomic mass is 16.2. The van der Waals surface area contributed by atoms with Gasteiger partial charge >= 0.3 is 6.03 Å². The number of hydrogen-bond acceptors (Lipinski definition) is 2. The molecule has 0 unspecified atom stereocenters. The number of nitrogens with one attached hydrogen (secondary N) is 2. The number of nitrogens with two attached hydrogens (primary N) is 1. The quantitative estimate of drug-likeness (QED) is 0.713. The molecule has 0 aliphatic carbocycles. The molecule has 0 heterocycles. The standard InChI is InChI=1S/C11H15N3O2/c1-11(2,9(12)15)14-10(16)13-8-6-4-3-5-7-8/h3-7H,1-2H3,(H2,12,15)(H2,13,14,16). The van der Waals surface area contributed by atoms with Gasteiger partial charge in [0.15, 0.2) is 0 Å². The second-order valence-corrected chi connectivity index (χ2v) is 3.93. The van der Waals surface area contributed by atoms with Crippen molar-refractivity contribution in [2.24, 2.45) is 5.73 Å². The molecule has 0 radical (unpaired) electrons. The summed E-state index contributed by atoms with van der Waals surface area (Å²) in [7, 11) is 0. The number of para-hydroxylation sites is 1. The molecule has 0 fully saturated rings. The minimum Gasteiger partial charge on any atom is -0.368 e. The van der Waals surface area contributed by atoms with Gasteiger partial charge in [-0.1, -0.05) is 18.2 Å². The molecule has 1 rings (SSSR count). The minimum absolute atomic E-state index is 0.463. The van der Waals surface area contributed by atoms with Crippen molar-refractivity contribution in [1.82, 2.24) is 5.32 Å². The second-order valence-electron chi connectivity index (χ2n) is 3.93. The molecule has 0 aliphatic rings. The van der Waals surface area contributed by atoms with Gasteiger partial charge in [0.25, 0.3) is 0 Å². The fraction of sp³-hybridized carbons (Fsp3) is 0.273. The van der Waals surface area contributed by atoms with E-state index < -0.39 is 17.5 Å². The molecular formula is C11H15N3O2. The van der Waals surface area contributed by atoms with Crippen LogP contribution in [0.4, 0.5) is 10.5 Å². The number of anilines is 1. The highest BCUT2D eigenvalue weighted by molar-refractivity contribution is 5.94. The van der Waals surface area contributed by atoms with E-state index in [1.807, 2.05) is 6.07 Å². The predicted molar refractivity (Wildman–Crippen MR) is 61.9 cm³/mol. The first-order chi connectivity index (χ1) is 7.42. The Morgan fingerprint density at radius 3 is 2.25 bits per heavy atom. The van der Waals surface area contributed by atoms with Gasteiger partial charge in [0, 0.05) is 5.69 Å². The zero-order valence-electron chi connectivity index (χ0n) is 9.28. The topological polar surface area (TPSA) is 84.2 Å². The summed E-state index contributed by atoms with van der Waals surface area (Å²) in [5.74, 6) is -0.587. The fourth-order valence-corrected chi connectivity index (χ4v) is 1.03. The molecule has 1 aromatic rings. The molecule has 4 N–H and O–H groups in total. The van der Waals surface area contributed by atoms with E-state index in [2.05, 4.69) is 10.6 Å². The van der Waals surface area contributed by atoms with Crippen LogP contribution < -0.4 is 16.4 Å². The van der Waals surface area contributed by atoms with Gasteiger partial charge in [-0.25, -0.2) is 4.79 Å². The largest absolute Gasteiger partial charge is 0.368 e. The second kappa shape index (κ2) is 4.65. The van der Waals surface area contributed by atoms with Gasteiger partial charge < -0.3 is 16.4 Å². The summed E-state index contributed by atoms with van der Waals surface area (Å²) in [4.78, 5) is 22.5. The summed E-state index contributed by atoms with van der Waals surface area (Å²) in [6.45, 7) is 3.08. The van der Waals surface area contributed by atoms with Crippen molar-refractivity contribution >= 4 is 17.6 Å². The van der Waals surface area contributed by atoms with E-state index in [0.717, 1.165) is 0 Å². The van der Waals surface area contributed by atoms with E-state index in [0.29, 0.717) is 5.69 Å². The van der Waals surface area contributed by atoms with Gasteiger partial charge in [0.05, 0.1) is 0 Å². The van der Waals surface area contributed by atoms with Crippen LogP contribution in [0.5, 0.6) is 0 Å². The lowest BCUT2D eigenvalue weighted by Gasteiger charge is -2.22. The maximum atomic E-state index is 11.5. The van der Waals surface area contributed by atoms with Crippen molar-refractivity contribution < 1.29 is 9.59 Å². The van der Waals surface area contributed by atoms with Gasteiger partial charge in [-0.15, -0.1) is 0 Å². The third-order valence-electron chi connectivity index (χ3n) is 2.07. The van der Waals surface area contributed by atoms with Gasteiger partial charge in [-0.05, 0) is 26.0 Å². The summed E-state index contributed by atoms with van der Waals surface area (Å²) in [6.07, 6.45) is 0. The number of amides is 3. The monoisotopic (exact) mass is 221 g/mol. The van der Waals surface area contributed by atoms with Crippen LogP contribution in [0, 0.1) is 0 Å². The Bertz CT molecular complexity index is 387. The smallest absolute Gasteiger partial charge is 0.320 e. The molecule has 0 saturated heterocycles. The van der Waals surface area contributed by atoms with Gasteiger partial charge in [-0.2, -0.15) is 0 Å². The van der Waals surface area contributed by atoms with Crippen LogP contribution in [0.3, 0.4) is 0 Å². The van der Waals surface area contributed by atoms with Gasteiger partial charge in [0.1, 0.15) is 5.54 Å². The molecule has 0 aromatic heterocycles. The minimum atomic E-state index is -1.07. The average Bonchev–Trinajstić information content (AvgIpc) is 2.17. The summed E-state index contributed by atoms with van der Waals surface area (Å²) in [5, 5.41) is 5.07. The third kappa shape index (κ3) is 3.27. The molecule has 0 spiro atoms. The van der Waals surface area contributed by atoms with E-state index in [9.17, 15) is 9.59 Å². The van der Waals surface area contributed by atoms with Crippen LogP contribution in [-0.4, -0.2) is 17.5 Å². The maximum Gasteiger partial charge on any atom is 0.320 e. The Morgan fingerprint density at radius 2 is 1.75 bits per heavy atom. The molecule has 0 bridgehead atoms. The summed E-state index contributed by atoms with van der Waals surface area (Å²) in [5.41, 5.74) is 4.71. The maximum absolute atomic E-state index is 11.5. The summed E-state index contributed by atoms with van der Waals surface area (Å²) in [6, 6.07) is 8.48. The molecule has 5 heteroatoms. The van der Waals surface area contributed by atoms with Crippen LogP contribution in [0.15, 0.2) is 30.3 Å². The average molecular weight is 221 g/mol. The molecule has 16 heavy (non-hydrogen) atoms. The molecule has 0 saturated carbocycles. The number of hydrogen-bond donors (Lipinski definition) is 3. The van der Waals surface area contributed by atoms with E-state index >= 15 is 0 Å². The molecule has 86 valence electrons.